The summed E-state index contributed by atoms with van der Waals surface area (Å²) in [7, 11) is 0. The topological polar surface area (TPSA) is 83.6 Å². The number of nitrogens with zero attached hydrogens (tertiary/aromatic N) is 1. The third-order valence-electron chi connectivity index (χ3n) is 4.08. The van der Waals surface area contributed by atoms with Crippen molar-refractivity contribution in [3.05, 3.63) is 0 Å². The number of fused-ring (bicyclic) bond motifs is 2. The van der Waals surface area contributed by atoms with Gasteiger partial charge in [0.15, 0.2) is 0 Å². The van der Waals surface area contributed by atoms with Gasteiger partial charge in [-0.15, -0.1) is 0 Å². The summed E-state index contributed by atoms with van der Waals surface area (Å²) in [6, 6.07) is 0.396. The molecule has 2 saturated heterocycles. The second kappa shape index (κ2) is 5.26. The molecule has 5 heteroatoms. The molecule has 0 aromatic carbocycles. The van der Waals surface area contributed by atoms with Gasteiger partial charge in [-0.05, 0) is 38.5 Å². The lowest BCUT2D eigenvalue weighted by molar-refractivity contribution is -0.140. The van der Waals surface area contributed by atoms with Crippen LogP contribution in [0.15, 0.2) is 0 Å². The third-order valence-corrected chi connectivity index (χ3v) is 4.08. The Morgan fingerprint density at radius 3 is 2.33 bits per heavy atom. The highest BCUT2D eigenvalue weighted by Crippen LogP contribution is 2.40. The van der Waals surface area contributed by atoms with E-state index in [1.54, 1.807) is 0 Å². The zero-order valence-electron chi connectivity index (χ0n) is 10.8. The summed E-state index contributed by atoms with van der Waals surface area (Å²) >= 11 is 0. The van der Waals surface area contributed by atoms with Gasteiger partial charge in [0.05, 0.1) is 0 Å². The maximum Gasteiger partial charge on any atom is 0.303 e. The molecule has 2 heterocycles. The molecule has 102 valence electrons. The second-order valence-electron chi connectivity index (χ2n) is 5.80. The predicted octanol–water partition coefficient (Wildman–Crippen LogP) is 0.968. The summed E-state index contributed by atoms with van der Waals surface area (Å²) in [5, 5.41) is 8.86. The van der Waals surface area contributed by atoms with E-state index < -0.39 is 5.97 Å². The fraction of sp³-hybridized carbons (Fsp3) is 0.846. The molecular formula is C13H22N2O3. The first-order chi connectivity index (χ1) is 8.47. The molecule has 3 atom stereocenters. The molecule has 1 amide bonds. The maximum absolute atomic E-state index is 12.1. The predicted molar refractivity (Wildman–Crippen MR) is 66.9 cm³/mol. The summed E-state index contributed by atoms with van der Waals surface area (Å²) in [6.07, 6.45) is 4.36. The van der Waals surface area contributed by atoms with E-state index in [1.165, 1.54) is 0 Å². The molecule has 0 spiro atoms. The number of amides is 1. The number of carboxylic acid groups (broad SMARTS) is 1. The molecule has 3 unspecified atom stereocenters. The Hall–Kier alpha value is -1.10. The van der Waals surface area contributed by atoms with Gasteiger partial charge in [0, 0.05) is 31.0 Å². The molecular weight excluding hydrogens is 232 g/mol. The number of aliphatic carboxylic acids is 1. The van der Waals surface area contributed by atoms with Crippen LogP contribution in [0.25, 0.3) is 0 Å². The molecule has 2 rings (SSSR count). The Labute approximate surface area is 107 Å². The van der Waals surface area contributed by atoms with E-state index >= 15 is 0 Å². The molecule has 3 N–H and O–H groups in total. The van der Waals surface area contributed by atoms with Crippen molar-refractivity contribution < 1.29 is 14.7 Å². The number of carboxylic acids is 1. The van der Waals surface area contributed by atoms with Gasteiger partial charge in [-0.3, -0.25) is 9.59 Å². The van der Waals surface area contributed by atoms with E-state index in [-0.39, 0.29) is 36.4 Å². The average molecular weight is 254 g/mol. The summed E-state index contributed by atoms with van der Waals surface area (Å²) in [5.74, 6) is -0.347. The molecule has 0 aromatic heterocycles. The zero-order valence-corrected chi connectivity index (χ0v) is 10.8. The molecule has 0 aromatic rings. The summed E-state index contributed by atoms with van der Waals surface area (Å²) in [6.45, 7) is 1.84. The van der Waals surface area contributed by atoms with E-state index in [1.807, 2.05) is 11.8 Å². The van der Waals surface area contributed by atoms with Crippen LogP contribution in [0.5, 0.6) is 0 Å². The molecule has 5 nitrogen and oxygen atoms in total. The van der Waals surface area contributed by atoms with E-state index in [2.05, 4.69) is 0 Å². The van der Waals surface area contributed by atoms with Crippen molar-refractivity contribution in [3.8, 4) is 0 Å². The minimum atomic E-state index is -0.727. The van der Waals surface area contributed by atoms with Crippen molar-refractivity contribution in [2.24, 2.45) is 11.7 Å². The van der Waals surface area contributed by atoms with Gasteiger partial charge in [-0.25, -0.2) is 0 Å². The van der Waals surface area contributed by atoms with Gasteiger partial charge < -0.3 is 15.7 Å². The van der Waals surface area contributed by atoms with Crippen molar-refractivity contribution in [1.29, 1.82) is 0 Å². The fourth-order valence-electron chi connectivity index (χ4n) is 3.49. The first-order valence-corrected chi connectivity index (χ1v) is 6.76. The maximum atomic E-state index is 12.1. The summed E-state index contributed by atoms with van der Waals surface area (Å²) in [4.78, 5) is 24.9. The third kappa shape index (κ3) is 2.83. The highest BCUT2D eigenvalue weighted by molar-refractivity contribution is 5.78. The lowest BCUT2D eigenvalue weighted by Gasteiger charge is -2.39. The molecule has 2 aliphatic rings. The van der Waals surface area contributed by atoms with Crippen LogP contribution in [0, 0.1) is 5.92 Å². The number of rotatable bonds is 4. The number of carbonyl (C=O) groups is 2. The summed E-state index contributed by atoms with van der Waals surface area (Å²) in [5.41, 5.74) is 5.68. The van der Waals surface area contributed by atoms with Crippen LogP contribution in [0.1, 0.15) is 45.4 Å². The lowest BCUT2D eigenvalue weighted by atomic mass is 9.88. The Morgan fingerprint density at radius 2 is 1.89 bits per heavy atom. The van der Waals surface area contributed by atoms with E-state index in [9.17, 15) is 9.59 Å². The number of hydrogen-bond donors (Lipinski definition) is 2. The Kier molecular flexibility index (Phi) is 3.90. The molecule has 2 bridgehead atoms. The first kappa shape index (κ1) is 13.3. The van der Waals surface area contributed by atoms with E-state index in [0.717, 1.165) is 25.7 Å². The van der Waals surface area contributed by atoms with Gasteiger partial charge in [-0.2, -0.15) is 0 Å². The average Bonchev–Trinajstić information content (AvgIpc) is 2.49. The molecule has 0 radical (unpaired) electrons. The van der Waals surface area contributed by atoms with Crippen molar-refractivity contribution in [1.82, 2.24) is 4.90 Å². The minimum Gasteiger partial charge on any atom is -0.481 e. The second-order valence-corrected chi connectivity index (χ2v) is 5.80. The summed E-state index contributed by atoms with van der Waals surface area (Å²) < 4.78 is 0. The van der Waals surface area contributed by atoms with Crippen LogP contribution in [-0.4, -0.2) is 40.0 Å². The molecule has 0 aliphatic carbocycles. The highest BCUT2D eigenvalue weighted by atomic mass is 16.4. The van der Waals surface area contributed by atoms with E-state index in [0.29, 0.717) is 6.42 Å². The quantitative estimate of drug-likeness (QED) is 0.783. The number of hydrogen-bond acceptors (Lipinski definition) is 3. The Morgan fingerprint density at radius 1 is 1.33 bits per heavy atom. The van der Waals surface area contributed by atoms with E-state index in [4.69, 9.17) is 10.8 Å². The lowest BCUT2D eigenvalue weighted by Crippen LogP contribution is -2.48. The smallest absolute Gasteiger partial charge is 0.303 e. The zero-order chi connectivity index (χ0) is 13.3. The van der Waals surface area contributed by atoms with Crippen LogP contribution < -0.4 is 5.73 Å². The van der Waals surface area contributed by atoms with Crippen LogP contribution in [-0.2, 0) is 9.59 Å². The highest BCUT2D eigenvalue weighted by Gasteiger charge is 2.43. The van der Waals surface area contributed by atoms with Crippen LogP contribution in [0.2, 0.25) is 0 Å². The normalized spacial score (nSPS) is 32.3. The van der Waals surface area contributed by atoms with Gasteiger partial charge in [-0.1, -0.05) is 0 Å². The van der Waals surface area contributed by atoms with Crippen molar-refractivity contribution in [3.63, 3.8) is 0 Å². The number of carbonyl (C=O) groups excluding carboxylic acids is 1. The Balaban J connectivity index is 1.97. The van der Waals surface area contributed by atoms with Crippen molar-refractivity contribution in [2.75, 3.05) is 0 Å². The molecule has 2 fully saturated rings. The van der Waals surface area contributed by atoms with Crippen LogP contribution >= 0.6 is 0 Å². The van der Waals surface area contributed by atoms with Crippen molar-refractivity contribution >= 4 is 11.9 Å². The largest absolute Gasteiger partial charge is 0.481 e. The van der Waals surface area contributed by atoms with Crippen LogP contribution in [0.4, 0.5) is 0 Å². The SMILES string of the molecule is CC(N)CC(=O)N1C2CCC1CC(CC(=O)O)C2. The molecule has 0 saturated carbocycles. The van der Waals surface area contributed by atoms with Gasteiger partial charge in [0.2, 0.25) is 5.91 Å². The van der Waals surface area contributed by atoms with Gasteiger partial charge in [0.1, 0.15) is 0 Å². The van der Waals surface area contributed by atoms with Crippen LogP contribution in [0.3, 0.4) is 0 Å². The monoisotopic (exact) mass is 254 g/mol. The van der Waals surface area contributed by atoms with Gasteiger partial charge in [0.25, 0.3) is 0 Å². The standard InChI is InChI=1S/C13H22N2O3/c1-8(14)4-12(16)15-10-2-3-11(15)6-9(5-10)7-13(17)18/h8-11H,2-7,14H2,1H3,(H,17,18). The number of piperidine rings is 1. The van der Waals surface area contributed by atoms with Gasteiger partial charge >= 0.3 is 5.97 Å². The first-order valence-electron chi connectivity index (χ1n) is 6.76. The number of nitrogens with two attached hydrogens (primary N) is 1. The molecule has 2 aliphatic heterocycles. The fourth-order valence-corrected chi connectivity index (χ4v) is 3.49. The minimum absolute atomic E-state index is 0.103. The Bertz CT molecular complexity index is 329. The molecule has 18 heavy (non-hydrogen) atoms. The van der Waals surface area contributed by atoms with Crippen molar-refractivity contribution in [2.45, 2.75) is 63.6 Å².